The third-order valence-electron chi connectivity index (χ3n) is 4.37. The Hall–Kier alpha value is -3.10. The summed E-state index contributed by atoms with van der Waals surface area (Å²) in [5, 5.41) is 1.95. The highest BCUT2D eigenvalue weighted by molar-refractivity contribution is 7.92. The molecule has 3 aromatic rings. The van der Waals surface area contributed by atoms with Crippen LogP contribution in [0.1, 0.15) is 22.2 Å². The quantitative estimate of drug-likeness (QED) is 0.446. The molecule has 31 heavy (non-hydrogen) atoms. The van der Waals surface area contributed by atoms with Crippen molar-refractivity contribution < 1.29 is 17.9 Å². The number of nitrogens with zero attached hydrogens (tertiary/aromatic N) is 1. The number of thiophene rings is 1. The van der Waals surface area contributed by atoms with Crippen LogP contribution in [0.5, 0.6) is 5.75 Å². The first-order chi connectivity index (χ1) is 14.9. The summed E-state index contributed by atoms with van der Waals surface area (Å²) >= 11 is 1.56. The number of anilines is 1. The molecule has 0 unspecified atom stereocenters. The Balaban J connectivity index is 1.80. The van der Waals surface area contributed by atoms with E-state index in [1.165, 1.54) is 12.1 Å². The lowest BCUT2D eigenvalue weighted by atomic mass is 10.2. The van der Waals surface area contributed by atoms with Gasteiger partial charge in [-0.15, -0.1) is 17.9 Å². The number of carbonyl (C=O) groups is 1. The summed E-state index contributed by atoms with van der Waals surface area (Å²) in [5.41, 5.74) is 0.708. The highest BCUT2D eigenvalue weighted by Crippen LogP contribution is 2.21. The molecule has 1 aromatic heterocycles. The zero-order valence-corrected chi connectivity index (χ0v) is 18.8. The van der Waals surface area contributed by atoms with Crippen LogP contribution in [0, 0.1) is 0 Å². The first kappa shape index (κ1) is 22.6. The minimum atomic E-state index is -3.86. The molecule has 0 bridgehead atoms. The number of hydrogen-bond acceptors (Lipinski definition) is 5. The fraction of sp³-hybridized carbons (Fsp3) is 0.174. The van der Waals surface area contributed by atoms with E-state index >= 15 is 0 Å². The van der Waals surface area contributed by atoms with E-state index in [0.29, 0.717) is 36.7 Å². The maximum Gasteiger partial charge on any atom is 0.261 e. The molecule has 1 heterocycles. The van der Waals surface area contributed by atoms with Gasteiger partial charge in [-0.05, 0) is 60.8 Å². The molecule has 1 amide bonds. The number of ether oxygens (including phenoxy) is 1. The number of rotatable bonds is 10. The zero-order valence-electron chi connectivity index (χ0n) is 17.2. The Bertz CT molecular complexity index is 1120. The molecule has 3 rings (SSSR count). The second-order valence-electron chi connectivity index (χ2n) is 6.64. The lowest BCUT2D eigenvalue weighted by molar-refractivity contribution is 0.0764. The summed E-state index contributed by atoms with van der Waals surface area (Å²) < 4.78 is 33.6. The van der Waals surface area contributed by atoms with Crippen LogP contribution in [0.2, 0.25) is 0 Å². The third kappa shape index (κ3) is 5.96. The molecule has 162 valence electrons. The molecule has 0 fully saturated rings. The molecule has 2 aromatic carbocycles. The Kier molecular flexibility index (Phi) is 7.49. The highest BCUT2D eigenvalue weighted by atomic mass is 32.2. The number of sulfonamides is 1. The van der Waals surface area contributed by atoms with Crippen molar-refractivity contribution in [1.82, 2.24) is 4.90 Å². The number of carbonyl (C=O) groups excluding carboxylic acids is 1. The van der Waals surface area contributed by atoms with Crippen molar-refractivity contribution in [1.29, 1.82) is 0 Å². The van der Waals surface area contributed by atoms with E-state index in [4.69, 9.17) is 4.74 Å². The first-order valence-corrected chi connectivity index (χ1v) is 12.1. The number of benzene rings is 2. The monoisotopic (exact) mass is 456 g/mol. The molecule has 0 aliphatic rings. The summed E-state index contributed by atoms with van der Waals surface area (Å²) in [4.78, 5) is 15.7. The lowest BCUT2D eigenvalue weighted by Gasteiger charge is -2.21. The van der Waals surface area contributed by atoms with E-state index in [1.54, 1.807) is 58.7 Å². The van der Waals surface area contributed by atoms with E-state index in [-0.39, 0.29) is 10.8 Å². The lowest BCUT2D eigenvalue weighted by Crippen LogP contribution is -2.30. The number of amides is 1. The summed E-state index contributed by atoms with van der Waals surface area (Å²) in [6, 6.07) is 16.6. The van der Waals surface area contributed by atoms with Crippen LogP contribution in [0.4, 0.5) is 5.69 Å². The largest absolute Gasteiger partial charge is 0.494 e. The van der Waals surface area contributed by atoms with Gasteiger partial charge < -0.3 is 9.64 Å². The fourth-order valence-electron chi connectivity index (χ4n) is 2.94. The molecule has 0 aliphatic carbocycles. The topological polar surface area (TPSA) is 75.7 Å². The van der Waals surface area contributed by atoms with Crippen LogP contribution in [0.3, 0.4) is 0 Å². The van der Waals surface area contributed by atoms with Crippen LogP contribution >= 0.6 is 11.3 Å². The normalized spacial score (nSPS) is 11.0. The van der Waals surface area contributed by atoms with Gasteiger partial charge in [-0.2, -0.15) is 0 Å². The van der Waals surface area contributed by atoms with Crippen molar-refractivity contribution in [3.05, 3.63) is 89.1 Å². The van der Waals surface area contributed by atoms with Gasteiger partial charge in [0, 0.05) is 22.7 Å². The Morgan fingerprint density at radius 2 is 1.94 bits per heavy atom. The van der Waals surface area contributed by atoms with Crippen molar-refractivity contribution >= 4 is 33.0 Å². The molecule has 6 nitrogen and oxygen atoms in total. The average Bonchev–Trinajstić information content (AvgIpc) is 3.28. The molecule has 0 saturated carbocycles. The Morgan fingerprint density at radius 1 is 1.16 bits per heavy atom. The predicted octanol–water partition coefficient (Wildman–Crippen LogP) is 4.78. The molecule has 1 N–H and O–H groups in total. The van der Waals surface area contributed by atoms with Crippen molar-refractivity contribution in [2.24, 2.45) is 0 Å². The fourth-order valence-corrected chi connectivity index (χ4v) is 4.77. The minimum Gasteiger partial charge on any atom is -0.494 e. The van der Waals surface area contributed by atoms with Crippen LogP contribution in [-0.4, -0.2) is 32.4 Å². The Labute approximate surface area is 186 Å². The molecule has 0 saturated heterocycles. The van der Waals surface area contributed by atoms with Gasteiger partial charge in [0.15, 0.2) is 0 Å². The molecule has 0 aliphatic heterocycles. The third-order valence-corrected chi connectivity index (χ3v) is 6.61. The van der Waals surface area contributed by atoms with Crippen molar-refractivity contribution in [3.8, 4) is 5.75 Å². The molecule has 0 spiro atoms. The van der Waals surface area contributed by atoms with Gasteiger partial charge >= 0.3 is 0 Å². The van der Waals surface area contributed by atoms with Gasteiger partial charge in [0.25, 0.3) is 15.9 Å². The Morgan fingerprint density at radius 3 is 2.58 bits per heavy atom. The summed E-state index contributed by atoms with van der Waals surface area (Å²) in [6.07, 6.45) is 1.65. The second kappa shape index (κ2) is 10.3. The SMILES string of the molecule is C=CCN(Cc1cccs1)C(=O)c1cccc(S(=O)(=O)Nc2ccc(OCC)cc2)c1. The predicted molar refractivity (Wildman–Crippen MR) is 124 cm³/mol. The van der Waals surface area contributed by atoms with Gasteiger partial charge in [-0.25, -0.2) is 8.42 Å². The maximum atomic E-state index is 13.1. The molecule has 8 heteroatoms. The van der Waals surface area contributed by atoms with E-state index in [2.05, 4.69) is 11.3 Å². The first-order valence-electron chi connectivity index (χ1n) is 9.71. The van der Waals surface area contributed by atoms with Crippen LogP contribution in [0.25, 0.3) is 0 Å². The van der Waals surface area contributed by atoms with E-state index in [9.17, 15) is 13.2 Å². The van der Waals surface area contributed by atoms with Crippen molar-refractivity contribution in [2.45, 2.75) is 18.4 Å². The van der Waals surface area contributed by atoms with Gasteiger partial charge in [-0.3, -0.25) is 9.52 Å². The maximum absolute atomic E-state index is 13.1. The van der Waals surface area contributed by atoms with E-state index in [0.717, 1.165) is 4.88 Å². The smallest absolute Gasteiger partial charge is 0.261 e. The van der Waals surface area contributed by atoms with E-state index < -0.39 is 10.0 Å². The van der Waals surface area contributed by atoms with Gasteiger partial charge in [0.1, 0.15) is 5.75 Å². The summed E-state index contributed by atoms with van der Waals surface area (Å²) in [6.45, 7) is 6.92. The summed E-state index contributed by atoms with van der Waals surface area (Å²) in [5.74, 6) is 0.400. The molecular formula is C23H24N2O4S2. The standard InChI is InChI=1S/C23H24N2O4S2/c1-3-14-25(17-21-8-6-15-30-21)23(26)18-7-5-9-22(16-18)31(27,28)24-19-10-12-20(13-11-19)29-4-2/h3,5-13,15-16,24H,1,4,14,17H2,2H3. The zero-order chi connectivity index (χ0) is 22.3. The van der Waals surface area contributed by atoms with Gasteiger partial charge in [-0.1, -0.05) is 18.2 Å². The van der Waals surface area contributed by atoms with Crippen LogP contribution in [0.15, 0.2) is 83.6 Å². The van der Waals surface area contributed by atoms with Gasteiger partial charge in [0.2, 0.25) is 0 Å². The number of nitrogens with one attached hydrogen (secondary N) is 1. The van der Waals surface area contributed by atoms with E-state index in [1.807, 2.05) is 24.4 Å². The highest BCUT2D eigenvalue weighted by Gasteiger charge is 2.20. The minimum absolute atomic E-state index is 0.0157. The molecular weight excluding hydrogens is 432 g/mol. The molecule has 0 atom stereocenters. The van der Waals surface area contributed by atoms with Crippen molar-refractivity contribution in [2.75, 3.05) is 17.9 Å². The second-order valence-corrected chi connectivity index (χ2v) is 9.36. The average molecular weight is 457 g/mol. The molecule has 0 radical (unpaired) electrons. The van der Waals surface area contributed by atoms with Crippen molar-refractivity contribution in [3.63, 3.8) is 0 Å². The van der Waals surface area contributed by atoms with Crippen LogP contribution < -0.4 is 9.46 Å². The number of hydrogen-bond donors (Lipinski definition) is 1. The summed E-state index contributed by atoms with van der Waals surface area (Å²) in [7, 11) is -3.86. The van der Waals surface area contributed by atoms with Crippen LogP contribution in [-0.2, 0) is 16.6 Å². The van der Waals surface area contributed by atoms with Gasteiger partial charge in [0.05, 0.1) is 18.0 Å².